The number of anilines is 1. The highest BCUT2D eigenvalue weighted by Crippen LogP contribution is 2.23. The lowest BCUT2D eigenvalue weighted by atomic mass is 10.2. The second-order valence-corrected chi connectivity index (χ2v) is 6.42. The predicted molar refractivity (Wildman–Crippen MR) is 100.0 cm³/mol. The van der Waals surface area contributed by atoms with Gasteiger partial charge in [-0.25, -0.2) is 18.3 Å². The molecule has 0 spiro atoms. The molecule has 0 fully saturated rings. The molecule has 4 heterocycles. The molecule has 4 aromatic rings. The van der Waals surface area contributed by atoms with E-state index in [9.17, 15) is 13.6 Å². The first kappa shape index (κ1) is 17.8. The lowest BCUT2D eigenvalue weighted by Gasteiger charge is -2.16. The number of fused-ring (bicyclic) bond motifs is 1. The van der Waals surface area contributed by atoms with Crippen LogP contribution in [0.3, 0.4) is 0 Å². The van der Waals surface area contributed by atoms with Crippen LogP contribution in [0.5, 0.6) is 0 Å². The van der Waals surface area contributed by atoms with Gasteiger partial charge < -0.3 is 10.3 Å². The number of aryl methyl sites for hydroxylation is 1. The summed E-state index contributed by atoms with van der Waals surface area (Å²) < 4.78 is 28.2. The maximum atomic E-state index is 13.6. The molecular weight excluding hydrogens is 366 g/mol. The lowest BCUT2D eigenvalue weighted by Crippen LogP contribution is -2.14. The van der Waals surface area contributed by atoms with E-state index in [0.717, 1.165) is 24.0 Å². The molecule has 0 saturated heterocycles. The van der Waals surface area contributed by atoms with Crippen molar-refractivity contribution in [2.24, 2.45) is 0 Å². The normalized spacial score (nSPS) is 12.3. The Bertz CT molecular complexity index is 1220. The number of imidazole rings is 1. The third-order valence-electron chi connectivity index (χ3n) is 4.37. The van der Waals surface area contributed by atoms with Crippen LogP contribution in [-0.4, -0.2) is 24.6 Å². The van der Waals surface area contributed by atoms with Crippen molar-refractivity contribution in [1.82, 2.24) is 24.6 Å². The summed E-state index contributed by atoms with van der Waals surface area (Å²) in [6.07, 6.45) is 3.62. The number of rotatable bonds is 4. The van der Waals surface area contributed by atoms with E-state index in [4.69, 9.17) is 0 Å². The smallest absolute Gasteiger partial charge is 0.257 e. The van der Waals surface area contributed by atoms with Gasteiger partial charge in [0, 0.05) is 6.20 Å². The fourth-order valence-corrected chi connectivity index (χ4v) is 2.90. The fraction of sp³-hybridized carbons (Fsp3) is 0.158. The molecule has 9 heteroatoms. The molecule has 7 nitrogen and oxygen atoms in total. The molecule has 0 radical (unpaired) electrons. The highest BCUT2D eigenvalue weighted by molar-refractivity contribution is 5.64. The van der Waals surface area contributed by atoms with Crippen molar-refractivity contribution in [1.29, 1.82) is 0 Å². The molecule has 28 heavy (non-hydrogen) atoms. The molecule has 4 aromatic heterocycles. The van der Waals surface area contributed by atoms with Gasteiger partial charge >= 0.3 is 0 Å². The molecule has 0 aromatic carbocycles. The topological polar surface area (TPSA) is 88.0 Å². The minimum Gasteiger partial charge on any atom is -0.360 e. The Hall–Kier alpha value is -3.62. The van der Waals surface area contributed by atoms with Crippen LogP contribution in [0.4, 0.5) is 14.6 Å². The van der Waals surface area contributed by atoms with Crippen LogP contribution < -0.4 is 10.9 Å². The summed E-state index contributed by atoms with van der Waals surface area (Å²) >= 11 is 0. The van der Waals surface area contributed by atoms with Gasteiger partial charge in [0.15, 0.2) is 11.5 Å². The minimum absolute atomic E-state index is 0.128. The minimum atomic E-state index is -0.564. The quantitative estimate of drug-likeness (QED) is 0.566. The molecule has 0 amide bonds. The average molecular weight is 382 g/mol. The number of nitrogens with one attached hydrogen (secondary N) is 2. The van der Waals surface area contributed by atoms with Gasteiger partial charge in [0.1, 0.15) is 11.6 Å². The van der Waals surface area contributed by atoms with Gasteiger partial charge in [-0.2, -0.15) is 0 Å². The van der Waals surface area contributed by atoms with Gasteiger partial charge in [-0.15, -0.1) is 5.10 Å². The van der Waals surface area contributed by atoms with Crippen molar-refractivity contribution in [2.75, 3.05) is 5.32 Å². The number of halogens is 2. The first-order valence-electron chi connectivity index (χ1n) is 8.54. The van der Waals surface area contributed by atoms with E-state index in [-0.39, 0.29) is 11.6 Å². The first-order valence-corrected chi connectivity index (χ1v) is 8.54. The van der Waals surface area contributed by atoms with Crippen molar-refractivity contribution in [3.8, 4) is 11.3 Å². The standard InChI is InChI=1S/C19H16F2N6O/c1-10-5-17-23-9-16(14-6-13(21)8-24-19(14)28)27(17)26-18(10)25-11(2)15-4-3-12(20)7-22-15/h3-9,11H,1-2H3,(H,24,28)(H,25,26)/t11-/m0/s1. The zero-order chi connectivity index (χ0) is 19.8. The lowest BCUT2D eigenvalue weighted by molar-refractivity contribution is 0.617. The van der Waals surface area contributed by atoms with Crippen LogP contribution in [-0.2, 0) is 0 Å². The molecule has 4 rings (SSSR count). The van der Waals surface area contributed by atoms with Crippen LogP contribution >= 0.6 is 0 Å². The van der Waals surface area contributed by atoms with E-state index in [1.807, 2.05) is 13.8 Å². The van der Waals surface area contributed by atoms with Gasteiger partial charge in [-0.3, -0.25) is 9.78 Å². The fourth-order valence-electron chi connectivity index (χ4n) is 2.90. The van der Waals surface area contributed by atoms with E-state index in [1.165, 1.54) is 16.8 Å². The number of H-pyrrole nitrogens is 1. The Kier molecular flexibility index (Phi) is 4.34. The molecule has 0 saturated carbocycles. The molecule has 0 aliphatic rings. The summed E-state index contributed by atoms with van der Waals surface area (Å²) in [5.41, 5.74) is 2.05. The zero-order valence-corrected chi connectivity index (χ0v) is 15.1. The second kappa shape index (κ2) is 6.84. The van der Waals surface area contributed by atoms with E-state index in [2.05, 4.69) is 25.4 Å². The Morgan fingerprint density at radius 1 is 1.14 bits per heavy atom. The summed E-state index contributed by atoms with van der Waals surface area (Å²) in [7, 11) is 0. The summed E-state index contributed by atoms with van der Waals surface area (Å²) in [6, 6.07) is 5.64. The SMILES string of the molecule is Cc1cc2ncc(-c3cc(F)c[nH]c3=O)n2nc1N[C@@H](C)c1ccc(F)cn1. The second-order valence-electron chi connectivity index (χ2n) is 6.42. The van der Waals surface area contributed by atoms with Gasteiger partial charge in [0.2, 0.25) is 0 Å². The molecule has 0 bridgehead atoms. The van der Waals surface area contributed by atoms with Crippen molar-refractivity contribution >= 4 is 11.5 Å². The Morgan fingerprint density at radius 3 is 2.71 bits per heavy atom. The van der Waals surface area contributed by atoms with E-state index in [0.29, 0.717) is 22.9 Å². The maximum absolute atomic E-state index is 13.6. The van der Waals surface area contributed by atoms with Crippen LogP contribution in [0.15, 0.2) is 47.7 Å². The van der Waals surface area contributed by atoms with Crippen LogP contribution in [0.2, 0.25) is 0 Å². The highest BCUT2D eigenvalue weighted by atomic mass is 19.1. The van der Waals surface area contributed by atoms with Crippen molar-refractivity contribution in [3.05, 3.63) is 76.1 Å². The molecule has 1 atom stereocenters. The highest BCUT2D eigenvalue weighted by Gasteiger charge is 2.15. The zero-order valence-electron chi connectivity index (χ0n) is 15.1. The average Bonchev–Trinajstić information content (AvgIpc) is 3.07. The number of hydrogen-bond donors (Lipinski definition) is 2. The molecule has 0 aliphatic heterocycles. The predicted octanol–water partition coefficient (Wildman–Crippen LogP) is 3.24. The summed E-state index contributed by atoms with van der Waals surface area (Å²) in [5.74, 6) is -0.431. The summed E-state index contributed by atoms with van der Waals surface area (Å²) in [6.45, 7) is 3.74. The first-order chi connectivity index (χ1) is 13.4. The van der Waals surface area contributed by atoms with E-state index >= 15 is 0 Å². The largest absolute Gasteiger partial charge is 0.360 e. The summed E-state index contributed by atoms with van der Waals surface area (Å²) in [4.78, 5) is 22.8. The molecular formula is C19H16F2N6O. The maximum Gasteiger partial charge on any atom is 0.257 e. The van der Waals surface area contributed by atoms with Crippen molar-refractivity contribution < 1.29 is 8.78 Å². The van der Waals surface area contributed by atoms with Gasteiger partial charge in [-0.1, -0.05) is 0 Å². The monoisotopic (exact) mass is 382 g/mol. The van der Waals surface area contributed by atoms with E-state index in [1.54, 1.807) is 12.1 Å². The number of hydrogen-bond acceptors (Lipinski definition) is 5. The van der Waals surface area contributed by atoms with Gasteiger partial charge in [-0.05, 0) is 43.7 Å². The van der Waals surface area contributed by atoms with E-state index < -0.39 is 17.2 Å². The number of pyridine rings is 2. The van der Waals surface area contributed by atoms with Crippen molar-refractivity contribution in [3.63, 3.8) is 0 Å². The number of aromatic amines is 1. The third-order valence-corrected chi connectivity index (χ3v) is 4.37. The molecule has 2 N–H and O–H groups in total. The van der Waals surface area contributed by atoms with Gasteiger partial charge in [0.25, 0.3) is 5.56 Å². The molecule has 142 valence electrons. The number of aromatic nitrogens is 5. The van der Waals surface area contributed by atoms with Crippen LogP contribution in [0.25, 0.3) is 16.9 Å². The van der Waals surface area contributed by atoms with Crippen LogP contribution in [0, 0.1) is 18.6 Å². The Labute approximate surface area is 158 Å². The Morgan fingerprint density at radius 2 is 1.96 bits per heavy atom. The van der Waals surface area contributed by atoms with Gasteiger partial charge in [0.05, 0.1) is 35.4 Å². The summed E-state index contributed by atoms with van der Waals surface area (Å²) in [5, 5.41) is 7.76. The number of nitrogens with zero attached hydrogens (tertiary/aromatic N) is 4. The Balaban J connectivity index is 1.76. The molecule has 0 aliphatic carbocycles. The van der Waals surface area contributed by atoms with Crippen molar-refractivity contribution in [2.45, 2.75) is 19.9 Å². The van der Waals surface area contributed by atoms with Crippen LogP contribution in [0.1, 0.15) is 24.2 Å². The third kappa shape index (κ3) is 3.22. The molecule has 0 unspecified atom stereocenters.